The molecule has 0 atom stereocenters. The van der Waals surface area contributed by atoms with Crippen LogP contribution in [-0.2, 0) is 6.18 Å². The van der Waals surface area contributed by atoms with E-state index >= 15 is 0 Å². The highest BCUT2D eigenvalue weighted by Crippen LogP contribution is 2.28. The largest absolute Gasteiger partial charge is 0.449 e. The van der Waals surface area contributed by atoms with Crippen LogP contribution < -0.4 is 10.2 Å². The molecule has 3 aromatic rings. The molecular formula is C17H15F3N4O. The van der Waals surface area contributed by atoms with Gasteiger partial charge in [-0.05, 0) is 42.5 Å². The number of halogens is 3. The lowest BCUT2D eigenvalue weighted by molar-refractivity contribution is -0.144. The average molecular weight is 348 g/mol. The molecule has 0 saturated heterocycles. The third-order valence-electron chi connectivity index (χ3n) is 3.65. The Hall–Kier alpha value is -3.03. The summed E-state index contributed by atoms with van der Waals surface area (Å²) < 4.78 is 38.1. The smallest absolute Gasteiger partial charge is 0.378 e. The molecule has 2 aromatic carbocycles. The number of benzene rings is 2. The first-order valence-corrected chi connectivity index (χ1v) is 7.40. The lowest BCUT2D eigenvalue weighted by atomic mass is 10.2. The Morgan fingerprint density at radius 1 is 1.12 bits per heavy atom. The minimum absolute atomic E-state index is 0.152. The van der Waals surface area contributed by atoms with Crippen molar-refractivity contribution in [1.82, 2.24) is 9.97 Å². The second kappa shape index (κ2) is 6.12. The summed E-state index contributed by atoms with van der Waals surface area (Å²) in [7, 11) is 3.81. The number of rotatable bonds is 3. The SMILES string of the molecule is CN(C)c1ccc(NC(=O)c2ccc3nc(C(F)(F)F)[nH]c3c2)cc1. The minimum atomic E-state index is -4.56. The van der Waals surface area contributed by atoms with Crippen LogP contribution in [0.5, 0.6) is 0 Å². The Balaban J connectivity index is 1.82. The molecule has 0 aliphatic heterocycles. The minimum Gasteiger partial charge on any atom is -0.378 e. The van der Waals surface area contributed by atoms with Crippen LogP contribution in [0.3, 0.4) is 0 Å². The van der Waals surface area contributed by atoms with Crippen molar-refractivity contribution in [2.45, 2.75) is 6.18 Å². The number of amides is 1. The molecule has 0 unspecified atom stereocenters. The number of hydrogen-bond acceptors (Lipinski definition) is 3. The molecule has 0 aliphatic carbocycles. The van der Waals surface area contributed by atoms with Crippen LogP contribution in [0.25, 0.3) is 11.0 Å². The molecule has 1 amide bonds. The van der Waals surface area contributed by atoms with E-state index in [2.05, 4.69) is 15.3 Å². The molecular weight excluding hydrogens is 333 g/mol. The average Bonchev–Trinajstić information content (AvgIpc) is 2.98. The summed E-state index contributed by atoms with van der Waals surface area (Å²) in [5, 5.41) is 2.71. The molecule has 3 rings (SSSR count). The second-order valence-corrected chi connectivity index (χ2v) is 5.71. The zero-order valence-corrected chi connectivity index (χ0v) is 13.5. The van der Waals surface area contributed by atoms with E-state index < -0.39 is 17.9 Å². The van der Waals surface area contributed by atoms with Crippen LogP contribution >= 0.6 is 0 Å². The summed E-state index contributed by atoms with van der Waals surface area (Å²) >= 11 is 0. The van der Waals surface area contributed by atoms with Crippen LogP contribution in [0, 0.1) is 0 Å². The predicted octanol–water partition coefficient (Wildman–Crippen LogP) is 3.90. The van der Waals surface area contributed by atoms with Gasteiger partial charge in [0.2, 0.25) is 5.82 Å². The maximum Gasteiger partial charge on any atom is 0.449 e. The van der Waals surface area contributed by atoms with Gasteiger partial charge in [0.1, 0.15) is 0 Å². The molecule has 0 aliphatic rings. The van der Waals surface area contributed by atoms with E-state index in [1.54, 1.807) is 12.1 Å². The fourth-order valence-electron chi connectivity index (χ4n) is 2.33. The quantitative estimate of drug-likeness (QED) is 0.755. The number of nitrogens with one attached hydrogen (secondary N) is 2. The Bertz CT molecular complexity index is 914. The molecule has 8 heteroatoms. The van der Waals surface area contributed by atoms with Crippen molar-refractivity contribution in [3.63, 3.8) is 0 Å². The van der Waals surface area contributed by atoms with Crippen molar-refractivity contribution in [2.75, 3.05) is 24.3 Å². The summed E-state index contributed by atoms with van der Waals surface area (Å²) in [4.78, 5) is 19.9. The molecule has 0 saturated carbocycles. The van der Waals surface area contributed by atoms with Crippen molar-refractivity contribution in [3.05, 3.63) is 53.9 Å². The number of nitrogens with zero attached hydrogens (tertiary/aromatic N) is 2. The van der Waals surface area contributed by atoms with Crippen molar-refractivity contribution in [3.8, 4) is 0 Å². The topological polar surface area (TPSA) is 61.0 Å². The number of alkyl halides is 3. The molecule has 0 spiro atoms. The van der Waals surface area contributed by atoms with Crippen molar-refractivity contribution >= 4 is 28.3 Å². The lowest BCUT2D eigenvalue weighted by Crippen LogP contribution is -2.12. The van der Waals surface area contributed by atoms with Gasteiger partial charge in [-0.3, -0.25) is 4.79 Å². The number of hydrogen-bond donors (Lipinski definition) is 2. The summed E-state index contributed by atoms with van der Waals surface area (Å²) in [6.45, 7) is 0. The van der Waals surface area contributed by atoms with Gasteiger partial charge in [-0.1, -0.05) is 0 Å². The van der Waals surface area contributed by atoms with E-state index in [1.165, 1.54) is 18.2 Å². The van der Waals surface area contributed by atoms with Gasteiger partial charge < -0.3 is 15.2 Å². The van der Waals surface area contributed by atoms with E-state index in [4.69, 9.17) is 0 Å². The highest BCUT2D eigenvalue weighted by Gasteiger charge is 2.34. The maximum atomic E-state index is 12.7. The molecule has 1 aromatic heterocycles. The first kappa shape index (κ1) is 16.8. The molecule has 0 fully saturated rings. The van der Waals surface area contributed by atoms with Crippen LogP contribution in [0.2, 0.25) is 0 Å². The second-order valence-electron chi connectivity index (χ2n) is 5.71. The molecule has 25 heavy (non-hydrogen) atoms. The van der Waals surface area contributed by atoms with Gasteiger partial charge in [0.25, 0.3) is 5.91 Å². The lowest BCUT2D eigenvalue weighted by Gasteiger charge is -2.13. The third-order valence-corrected chi connectivity index (χ3v) is 3.65. The molecule has 2 N–H and O–H groups in total. The van der Waals surface area contributed by atoms with Gasteiger partial charge in [0.15, 0.2) is 0 Å². The summed E-state index contributed by atoms with van der Waals surface area (Å²) in [6.07, 6.45) is -4.56. The van der Waals surface area contributed by atoms with Crippen LogP contribution in [0.1, 0.15) is 16.2 Å². The Labute approximate surface area is 141 Å². The number of imidazole rings is 1. The number of aromatic amines is 1. The summed E-state index contributed by atoms with van der Waals surface area (Å²) in [6, 6.07) is 11.4. The predicted molar refractivity (Wildman–Crippen MR) is 89.8 cm³/mol. The number of aromatic nitrogens is 2. The molecule has 1 heterocycles. The summed E-state index contributed by atoms with van der Waals surface area (Å²) in [5.41, 5.74) is 2.12. The van der Waals surface area contributed by atoms with E-state index in [0.29, 0.717) is 5.69 Å². The number of fused-ring (bicyclic) bond motifs is 1. The zero-order chi connectivity index (χ0) is 18.2. The monoisotopic (exact) mass is 348 g/mol. The standard InChI is InChI=1S/C17H15F3N4O/c1-24(2)12-6-4-11(5-7-12)21-15(25)10-3-8-13-14(9-10)23-16(22-13)17(18,19)20/h3-9H,1-2H3,(H,21,25)(H,22,23). The highest BCUT2D eigenvalue weighted by atomic mass is 19.4. The molecule has 5 nitrogen and oxygen atoms in total. The fourth-order valence-corrected chi connectivity index (χ4v) is 2.33. The Morgan fingerprint density at radius 2 is 1.80 bits per heavy atom. The summed E-state index contributed by atoms with van der Waals surface area (Å²) in [5.74, 6) is -1.50. The van der Waals surface area contributed by atoms with Crippen molar-refractivity contribution in [2.24, 2.45) is 0 Å². The first-order valence-electron chi connectivity index (χ1n) is 7.40. The van der Waals surface area contributed by atoms with Crippen molar-refractivity contribution < 1.29 is 18.0 Å². The van der Waals surface area contributed by atoms with E-state index in [0.717, 1.165) is 5.69 Å². The van der Waals surface area contributed by atoms with Gasteiger partial charge in [0.05, 0.1) is 11.0 Å². The number of H-pyrrole nitrogens is 1. The number of carbonyl (C=O) groups excluding carboxylic acids is 1. The van der Waals surface area contributed by atoms with Gasteiger partial charge in [-0.25, -0.2) is 4.98 Å². The highest BCUT2D eigenvalue weighted by molar-refractivity contribution is 6.06. The van der Waals surface area contributed by atoms with Gasteiger partial charge >= 0.3 is 6.18 Å². The van der Waals surface area contributed by atoms with Crippen LogP contribution in [-0.4, -0.2) is 30.0 Å². The Kier molecular flexibility index (Phi) is 4.12. The molecule has 0 bridgehead atoms. The van der Waals surface area contributed by atoms with Crippen LogP contribution in [0.15, 0.2) is 42.5 Å². The molecule has 130 valence electrons. The van der Waals surface area contributed by atoms with Gasteiger partial charge in [-0.2, -0.15) is 13.2 Å². The number of carbonyl (C=O) groups is 1. The third kappa shape index (κ3) is 3.57. The van der Waals surface area contributed by atoms with Crippen molar-refractivity contribution in [1.29, 1.82) is 0 Å². The van der Waals surface area contributed by atoms with E-state index in [9.17, 15) is 18.0 Å². The number of anilines is 2. The van der Waals surface area contributed by atoms with E-state index in [1.807, 2.05) is 31.1 Å². The van der Waals surface area contributed by atoms with Gasteiger partial charge in [0, 0.05) is 31.0 Å². The van der Waals surface area contributed by atoms with Crippen LogP contribution in [0.4, 0.5) is 24.5 Å². The maximum absolute atomic E-state index is 12.7. The fraction of sp³-hybridized carbons (Fsp3) is 0.176. The Morgan fingerprint density at radius 3 is 2.40 bits per heavy atom. The first-order chi connectivity index (χ1) is 11.7. The van der Waals surface area contributed by atoms with Gasteiger partial charge in [-0.15, -0.1) is 0 Å². The normalized spacial score (nSPS) is 11.6. The zero-order valence-electron chi connectivity index (χ0n) is 13.5. The van der Waals surface area contributed by atoms with E-state index in [-0.39, 0.29) is 16.6 Å². The molecule has 0 radical (unpaired) electrons.